The molecule has 0 radical (unpaired) electrons. The number of hydrogen-bond donors (Lipinski definition) is 0. The molecule has 0 atom stereocenters. The van der Waals surface area contributed by atoms with Crippen molar-refractivity contribution in [3.8, 4) is 34.4 Å². The van der Waals surface area contributed by atoms with E-state index < -0.39 is 53.9 Å². The van der Waals surface area contributed by atoms with Crippen molar-refractivity contribution in [1.29, 1.82) is 0 Å². The Hall–Kier alpha value is -8.91. The molecular formula is C67H91N12Ni2O16+3. The summed E-state index contributed by atoms with van der Waals surface area (Å²) in [7, 11) is 0. The Balaban J connectivity index is 0.00000177. The SMILES string of the molecule is C1CCOC1.CC(C)(C)CC(C)(C)c1cc(C=NCCCN=Cc2cc(C(C)(C)CC(C)(C)C)cc(-n3nc4ccccc4n3)c2[O-])c([O-])c(-n2nc3ccccc3n2)c1.CCCCCC.O=[N+]([O-])c1ccc([O-])c([N+](=O)[O-])c1.O=[N+]([O-])c1ccc([O-])c([N+](=O)[O-])c1.[Ni+2].[Ni+2].[OH3+].[OH3+].[OH3+]. The Morgan fingerprint density at radius 2 is 0.794 bits per heavy atom. The molecule has 6 aromatic carbocycles. The number of nitro groups is 4. The smallest absolute Gasteiger partial charge is 0.871 e. The third kappa shape index (κ3) is 26.9. The summed E-state index contributed by atoms with van der Waals surface area (Å²) in [5.74, 6) is -2.03. The van der Waals surface area contributed by atoms with Crippen LogP contribution < -0.4 is 20.4 Å². The number of rotatable bonds is 19. The maximum absolute atomic E-state index is 13.9. The number of fused-ring (bicyclic) bond motifs is 2. The van der Waals surface area contributed by atoms with Gasteiger partial charge in [-0.25, -0.2) is 0 Å². The molecule has 0 bridgehead atoms. The molecule has 0 amide bonds. The number of ether oxygens (including phenoxy) is 1. The molecule has 1 fully saturated rings. The number of non-ortho nitro benzene ring substituents is 2. The molecule has 1 saturated heterocycles. The predicted molar refractivity (Wildman–Crippen MR) is 363 cm³/mol. The fourth-order valence-corrected chi connectivity index (χ4v) is 10.4. The third-order valence-electron chi connectivity index (χ3n) is 14.2. The summed E-state index contributed by atoms with van der Waals surface area (Å²) in [6, 6.07) is 27.7. The molecule has 1 aliphatic rings. The van der Waals surface area contributed by atoms with E-state index in [0.29, 0.717) is 54.1 Å². The zero-order chi connectivity index (χ0) is 68.1. The molecule has 8 aromatic rings. The van der Waals surface area contributed by atoms with E-state index in [1.54, 1.807) is 12.4 Å². The first kappa shape index (κ1) is 88.1. The van der Waals surface area contributed by atoms with Crippen LogP contribution in [0.2, 0.25) is 0 Å². The van der Waals surface area contributed by atoms with Crippen LogP contribution in [0.5, 0.6) is 23.0 Å². The van der Waals surface area contributed by atoms with Gasteiger partial charge in [0.15, 0.2) is 0 Å². The van der Waals surface area contributed by atoms with Gasteiger partial charge in [0.1, 0.15) is 22.1 Å². The van der Waals surface area contributed by atoms with E-state index in [1.807, 2.05) is 72.8 Å². The van der Waals surface area contributed by atoms with Gasteiger partial charge in [-0.3, -0.25) is 50.4 Å². The molecule has 3 heterocycles. The van der Waals surface area contributed by atoms with Crippen LogP contribution in [0.25, 0.3) is 33.4 Å². The van der Waals surface area contributed by atoms with Gasteiger partial charge in [-0.1, -0.05) is 169 Å². The molecular weight excluding hydrogens is 1350 g/mol. The Morgan fingerprint density at radius 1 is 0.474 bits per heavy atom. The zero-order valence-corrected chi connectivity index (χ0v) is 58.8. The van der Waals surface area contributed by atoms with Crippen LogP contribution in [0, 0.1) is 51.3 Å². The van der Waals surface area contributed by atoms with Crippen LogP contribution in [0.15, 0.2) is 119 Å². The summed E-state index contributed by atoms with van der Waals surface area (Å²) in [5.41, 5.74) is 4.00. The van der Waals surface area contributed by atoms with Crippen molar-refractivity contribution in [3.05, 3.63) is 172 Å². The molecule has 9 rings (SSSR count). The second-order valence-electron chi connectivity index (χ2n) is 25.8. The quantitative estimate of drug-likeness (QED) is 0.0181. The van der Waals surface area contributed by atoms with Crippen molar-refractivity contribution in [2.24, 2.45) is 20.8 Å². The Kier molecular flexibility index (Phi) is 36.3. The van der Waals surface area contributed by atoms with Gasteiger partial charge in [-0.05, 0) is 124 Å². The Labute approximate surface area is 583 Å². The maximum Gasteiger partial charge on any atom is 2.00 e. The normalized spacial score (nSPS) is 11.9. The van der Waals surface area contributed by atoms with Crippen molar-refractivity contribution in [3.63, 3.8) is 0 Å². The molecule has 2 aromatic heterocycles. The summed E-state index contributed by atoms with van der Waals surface area (Å²) in [4.78, 5) is 49.4. The minimum Gasteiger partial charge on any atom is -0.871 e. The number of hydrogen-bond acceptors (Lipinski definition) is 19. The summed E-state index contributed by atoms with van der Waals surface area (Å²) >= 11 is 0. The molecule has 28 nitrogen and oxygen atoms in total. The van der Waals surface area contributed by atoms with Crippen molar-refractivity contribution >= 4 is 57.2 Å². The molecule has 0 saturated carbocycles. The number of benzene rings is 6. The first-order valence-electron chi connectivity index (χ1n) is 30.4. The largest absolute Gasteiger partial charge is 2.00 e. The third-order valence-corrected chi connectivity index (χ3v) is 14.2. The molecule has 0 aliphatic carbocycles. The number of nitro benzene ring substituents is 4. The zero-order valence-electron chi connectivity index (χ0n) is 56.8. The number of aromatic nitrogens is 6. The molecule has 9 N–H and O–H groups in total. The van der Waals surface area contributed by atoms with E-state index in [-0.39, 0.29) is 82.6 Å². The van der Waals surface area contributed by atoms with Crippen LogP contribution >= 0.6 is 0 Å². The summed E-state index contributed by atoms with van der Waals surface area (Å²) < 4.78 is 4.94. The summed E-state index contributed by atoms with van der Waals surface area (Å²) in [6.45, 7) is 29.6. The van der Waals surface area contributed by atoms with E-state index in [2.05, 4.69) is 113 Å². The summed E-state index contributed by atoms with van der Waals surface area (Å²) in [5, 5.41) is 108. The minimum absolute atomic E-state index is 0. The van der Waals surface area contributed by atoms with Crippen LogP contribution in [0.3, 0.4) is 0 Å². The van der Waals surface area contributed by atoms with E-state index >= 15 is 0 Å². The van der Waals surface area contributed by atoms with Gasteiger partial charge in [0.2, 0.25) is 0 Å². The van der Waals surface area contributed by atoms with Crippen LogP contribution in [-0.4, -0.2) is 88.4 Å². The second-order valence-corrected chi connectivity index (χ2v) is 25.8. The molecule has 0 spiro atoms. The average molecular weight is 1440 g/mol. The van der Waals surface area contributed by atoms with E-state index in [1.165, 1.54) is 48.1 Å². The van der Waals surface area contributed by atoms with Gasteiger partial charge in [0.25, 0.3) is 22.7 Å². The van der Waals surface area contributed by atoms with E-state index in [0.717, 1.165) is 83.5 Å². The Bertz CT molecular complexity index is 3580. The van der Waals surface area contributed by atoms with Crippen molar-refractivity contribution in [2.75, 3.05) is 26.3 Å². The van der Waals surface area contributed by atoms with Gasteiger partial charge in [0, 0.05) is 50.9 Å². The first-order valence-corrected chi connectivity index (χ1v) is 30.4. The molecule has 0 unspecified atom stereocenters. The minimum atomic E-state index is -0.949. The molecule has 532 valence electrons. The van der Waals surface area contributed by atoms with Gasteiger partial charge in [0.05, 0.1) is 43.2 Å². The van der Waals surface area contributed by atoms with Crippen molar-refractivity contribution < 1.29 is 94.3 Å². The number of aliphatic imine (C=N–C) groups is 2. The van der Waals surface area contributed by atoms with Gasteiger partial charge in [-0.15, -0.1) is 20.4 Å². The Morgan fingerprint density at radius 3 is 1.05 bits per heavy atom. The number of nitrogens with zero attached hydrogens (tertiary/aromatic N) is 12. The van der Waals surface area contributed by atoms with Gasteiger partial charge >= 0.3 is 33.0 Å². The van der Waals surface area contributed by atoms with Gasteiger partial charge in [-0.2, -0.15) is 9.59 Å². The number of unbranched alkanes of at least 4 members (excludes halogenated alkanes) is 3. The molecule has 97 heavy (non-hydrogen) atoms. The fourth-order valence-electron chi connectivity index (χ4n) is 10.4. The van der Waals surface area contributed by atoms with Crippen LogP contribution in [0.4, 0.5) is 22.7 Å². The predicted octanol–water partition coefficient (Wildman–Crippen LogP) is 10.4. The fraction of sp³-hybridized carbons (Fsp3) is 0.433. The van der Waals surface area contributed by atoms with Crippen molar-refractivity contribution in [1.82, 2.24) is 30.0 Å². The maximum atomic E-state index is 13.9. The average Bonchev–Trinajstić information content (AvgIpc) is 1.71. The second kappa shape index (κ2) is 40.0. The molecule has 1 aliphatic heterocycles. The van der Waals surface area contributed by atoms with Crippen molar-refractivity contribution in [2.45, 2.75) is 152 Å². The topological polar surface area (TPSA) is 459 Å². The molecule has 30 heteroatoms. The van der Waals surface area contributed by atoms with Crippen LogP contribution in [0.1, 0.15) is 163 Å². The standard InChI is InChI=1S/C45H56N8O2.2C6H4N2O5.C6H14.C4H8O.2Ni.3H2O/c1-42(2,3)28-44(7,8)32-22-30(40(54)38(24-32)52-48-34-16-11-12-17-35(34)49-52)26-46-20-15-21-47-27-31-23-33(45(9,10)29-43(4,5)6)25-39(41(31)55)53-50-36-18-13-14-19-37(36)51-53;2*9-6-2-1-4(7(10)11)3-5(6)8(12)13;1-3-5-6-4-2;1-2-4-5-3-1;;;;;/h11-14,16-19,22-27,54-55H,15,20-21,28-29H2,1-10H3;2*1-3,9H;3-6H2,1-2H3;1-4H2;;;3*1H2/q;;;;;2*+2;;;/p-1. The van der Waals surface area contributed by atoms with Crippen LogP contribution in [-0.2, 0) is 65.0 Å². The first-order chi connectivity index (χ1) is 43.2. The van der Waals surface area contributed by atoms with E-state index in [9.17, 15) is 60.9 Å². The summed E-state index contributed by atoms with van der Waals surface area (Å²) in [6.07, 6.45) is 13.9. The van der Waals surface area contributed by atoms with Gasteiger partial charge < -0.3 is 41.6 Å². The monoisotopic (exact) mass is 1440 g/mol. The van der Waals surface area contributed by atoms with E-state index in [4.69, 9.17) is 4.74 Å².